The Bertz CT molecular complexity index is 1100. The molecule has 1 amide bonds. The van der Waals surface area contributed by atoms with Crippen molar-refractivity contribution in [2.24, 2.45) is 0 Å². The highest BCUT2D eigenvalue weighted by molar-refractivity contribution is 6.37. The molecule has 0 unspecified atom stereocenters. The Morgan fingerprint density at radius 1 is 1.13 bits per heavy atom. The van der Waals surface area contributed by atoms with E-state index in [1.807, 2.05) is 24.3 Å². The summed E-state index contributed by atoms with van der Waals surface area (Å²) in [6.07, 6.45) is 2.31. The van der Waals surface area contributed by atoms with E-state index in [1.54, 1.807) is 6.07 Å². The fourth-order valence-corrected chi connectivity index (χ4v) is 3.96. The van der Waals surface area contributed by atoms with E-state index < -0.39 is 5.97 Å². The molecule has 0 atom stereocenters. The van der Waals surface area contributed by atoms with Crippen molar-refractivity contribution < 1.29 is 23.5 Å². The normalized spacial score (nSPS) is 13.4. The van der Waals surface area contributed by atoms with Crippen LogP contribution in [0.25, 0.3) is 10.8 Å². The summed E-state index contributed by atoms with van der Waals surface area (Å²) in [6, 6.07) is 13.0. The summed E-state index contributed by atoms with van der Waals surface area (Å²) in [5.41, 5.74) is 1.07. The molecule has 2 aromatic carbocycles. The fourth-order valence-electron chi connectivity index (χ4n) is 3.68. The van der Waals surface area contributed by atoms with Gasteiger partial charge in [-0.25, -0.2) is 4.79 Å². The van der Waals surface area contributed by atoms with Crippen molar-refractivity contribution in [3.05, 3.63) is 59.0 Å². The molecular formula is C23H23ClN2O5. The summed E-state index contributed by atoms with van der Waals surface area (Å²) >= 11 is 6.59. The van der Waals surface area contributed by atoms with Gasteiger partial charge in [0.1, 0.15) is 11.5 Å². The second-order valence-corrected chi connectivity index (χ2v) is 7.65. The van der Waals surface area contributed by atoms with Gasteiger partial charge in [-0.15, -0.1) is 0 Å². The Kier molecular flexibility index (Phi) is 6.32. The number of methoxy groups -OCH3 is 1. The average molecular weight is 443 g/mol. The lowest BCUT2D eigenvalue weighted by molar-refractivity contribution is -0.123. The van der Waals surface area contributed by atoms with E-state index in [2.05, 4.69) is 21.0 Å². The van der Waals surface area contributed by atoms with Crippen LogP contribution < -0.4 is 15.0 Å². The van der Waals surface area contributed by atoms with Crippen LogP contribution in [0.2, 0.25) is 5.02 Å². The Labute approximate surface area is 184 Å². The van der Waals surface area contributed by atoms with Crippen LogP contribution in [0.5, 0.6) is 5.75 Å². The zero-order chi connectivity index (χ0) is 21.8. The summed E-state index contributed by atoms with van der Waals surface area (Å²) in [4.78, 5) is 26.0. The number of hydrogen-bond donors (Lipinski definition) is 1. The van der Waals surface area contributed by atoms with Gasteiger partial charge in [0.05, 0.1) is 18.7 Å². The molecule has 0 radical (unpaired) electrons. The minimum Gasteiger partial charge on any atom is -0.482 e. The number of amides is 1. The van der Waals surface area contributed by atoms with Crippen LogP contribution in [0.4, 0.5) is 5.69 Å². The minimum absolute atomic E-state index is 0.0837. The molecule has 7 nitrogen and oxygen atoms in total. The highest BCUT2D eigenvalue weighted by Crippen LogP contribution is 2.40. The third kappa shape index (κ3) is 4.61. The molecule has 0 spiro atoms. The van der Waals surface area contributed by atoms with Gasteiger partial charge in [0.25, 0.3) is 5.91 Å². The molecule has 1 aromatic heterocycles. The first-order valence-corrected chi connectivity index (χ1v) is 10.5. The van der Waals surface area contributed by atoms with Crippen LogP contribution in [-0.2, 0) is 16.1 Å². The number of benzene rings is 2. The maximum absolute atomic E-state index is 12.3. The average Bonchev–Trinajstić information content (AvgIpc) is 3.49. The Morgan fingerprint density at radius 3 is 2.61 bits per heavy atom. The van der Waals surface area contributed by atoms with Crippen molar-refractivity contribution in [2.45, 2.75) is 19.4 Å². The highest BCUT2D eigenvalue weighted by atomic mass is 35.5. The SMILES string of the molecule is COC(=O)c1ccc(CNC(=O)COc2cc(N3CCCC3)c3ccccc3c2Cl)o1. The Hall–Kier alpha value is -3.19. The molecule has 162 valence electrons. The molecule has 1 fully saturated rings. The van der Waals surface area contributed by atoms with Crippen molar-refractivity contribution in [1.29, 1.82) is 0 Å². The van der Waals surface area contributed by atoms with E-state index in [0.717, 1.165) is 42.4 Å². The number of carbonyl (C=O) groups is 2. The largest absolute Gasteiger partial charge is 0.482 e. The second-order valence-electron chi connectivity index (χ2n) is 7.27. The maximum Gasteiger partial charge on any atom is 0.373 e. The number of furan rings is 1. The van der Waals surface area contributed by atoms with Crippen molar-refractivity contribution in [2.75, 3.05) is 31.7 Å². The van der Waals surface area contributed by atoms with Gasteiger partial charge in [-0.3, -0.25) is 4.79 Å². The van der Waals surface area contributed by atoms with Crippen LogP contribution in [0.3, 0.4) is 0 Å². The van der Waals surface area contributed by atoms with Gasteiger partial charge in [0.15, 0.2) is 6.61 Å². The predicted molar refractivity (Wildman–Crippen MR) is 118 cm³/mol. The van der Waals surface area contributed by atoms with Gasteiger partial charge in [-0.1, -0.05) is 35.9 Å². The molecule has 4 rings (SSSR count). The maximum atomic E-state index is 12.3. The molecule has 3 aromatic rings. The smallest absolute Gasteiger partial charge is 0.373 e. The molecule has 1 saturated heterocycles. The van der Waals surface area contributed by atoms with E-state index >= 15 is 0 Å². The number of fused-ring (bicyclic) bond motifs is 1. The van der Waals surface area contributed by atoms with Gasteiger partial charge in [-0.05, 0) is 25.0 Å². The fraction of sp³-hybridized carbons (Fsp3) is 0.304. The number of rotatable bonds is 7. The summed E-state index contributed by atoms with van der Waals surface area (Å²) in [6.45, 7) is 1.91. The van der Waals surface area contributed by atoms with Crippen LogP contribution in [-0.4, -0.2) is 38.7 Å². The number of carbonyl (C=O) groups excluding carboxylic acids is 2. The lowest BCUT2D eigenvalue weighted by Gasteiger charge is -2.22. The van der Waals surface area contributed by atoms with Crippen molar-refractivity contribution in [1.82, 2.24) is 5.32 Å². The van der Waals surface area contributed by atoms with E-state index in [-0.39, 0.29) is 24.8 Å². The monoisotopic (exact) mass is 442 g/mol. The number of ether oxygens (including phenoxy) is 2. The van der Waals surface area contributed by atoms with Crippen molar-refractivity contribution in [3.8, 4) is 5.75 Å². The molecule has 1 aliphatic heterocycles. The Balaban J connectivity index is 1.43. The number of esters is 1. The summed E-state index contributed by atoms with van der Waals surface area (Å²) < 4.78 is 15.7. The van der Waals surface area contributed by atoms with E-state index in [4.69, 9.17) is 20.8 Å². The molecule has 1 N–H and O–H groups in total. The molecule has 0 saturated carbocycles. The van der Waals surface area contributed by atoms with Crippen LogP contribution >= 0.6 is 11.6 Å². The van der Waals surface area contributed by atoms with Crippen molar-refractivity contribution in [3.63, 3.8) is 0 Å². The third-order valence-electron chi connectivity index (χ3n) is 5.24. The van der Waals surface area contributed by atoms with E-state index in [0.29, 0.717) is 16.5 Å². The van der Waals surface area contributed by atoms with Crippen LogP contribution in [0.1, 0.15) is 29.2 Å². The van der Waals surface area contributed by atoms with Gasteiger partial charge >= 0.3 is 5.97 Å². The molecule has 0 aliphatic carbocycles. The van der Waals surface area contributed by atoms with Crippen LogP contribution in [0, 0.1) is 0 Å². The highest BCUT2D eigenvalue weighted by Gasteiger charge is 2.19. The molecular weight excluding hydrogens is 420 g/mol. The zero-order valence-electron chi connectivity index (χ0n) is 17.2. The second kappa shape index (κ2) is 9.31. The number of anilines is 1. The van der Waals surface area contributed by atoms with E-state index in [1.165, 1.54) is 13.2 Å². The van der Waals surface area contributed by atoms with Gasteiger partial charge in [0, 0.05) is 35.6 Å². The minimum atomic E-state index is -0.569. The molecule has 8 heteroatoms. The quantitative estimate of drug-likeness (QED) is 0.553. The summed E-state index contributed by atoms with van der Waals surface area (Å²) in [5.74, 6) is 0.0983. The number of halogens is 1. The lowest BCUT2D eigenvalue weighted by Crippen LogP contribution is -2.28. The Morgan fingerprint density at radius 2 is 1.87 bits per heavy atom. The van der Waals surface area contributed by atoms with Gasteiger partial charge in [0.2, 0.25) is 5.76 Å². The predicted octanol–water partition coefficient (Wildman–Crippen LogP) is 4.17. The topological polar surface area (TPSA) is 81.0 Å². The standard InChI is InChI=1S/C23H23ClN2O5/c1-29-23(28)19-9-8-15(31-19)13-25-21(27)14-30-20-12-18(26-10-4-5-11-26)16-6-2-3-7-17(16)22(20)24/h2-3,6-9,12H,4-5,10-11,13-14H2,1H3,(H,25,27). The van der Waals surface area contributed by atoms with Crippen LogP contribution in [0.15, 0.2) is 46.9 Å². The van der Waals surface area contributed by atoms with Gasteiger partial charge in [-0.2, -0.15) is 0 Å². The first-order valence-electron chi connectivity index (χ1n) is 10.1. The number of nitrogens with zero attached hydrogens (tertiary/aromatic N) is 1. The first kappa shape index (κ1) is 21.1. The summed E-state index contributed by atoms with van der Waals surface area (Å²) in [7, 11) is 1.27. The van der Waals surface area contributed by atoms with Crippen molar-refractivity contribution >= 4 is 39.9 Å². The summed E-state index contributed by atoms with van der Waals surface area (Å²) in [5, 5.41) is 5.16. The first-order chi connectivity index (χ1) is 15.1. The third-order valence-corrected chi connectivity index (χ3v) is 5.63. The molecule has 1 aliphatic rings. The number of nitrogens with one attached hydrogen (secondary N) is 1. The molecule has 31 heavy (non-hydrogen) atoms. The van der Waals surface area contributed by atoms with E-state index in [9.17, 15) is 9.59 Å². The lowest BCUT2D eigenvalue weighted by atomic mass is 10.1. The number of hydrogen-bond acceptors (Lipinski definition) is 6. The molecule has 0 bridgehead atoms. The molecule has 2 heterocycles. The zero-order valence-corrected chi connectivity index (χ0v) is 17.9. The van der Waals surface area contributed by atoms with Gasteiger partial charge < -0.3 is 24.1 Å².